The molecular formula is C19H21N3O2. The lowest BCUT2D eigenvalue weighted by molar-refractivity contribution is 0.0951. The van der Waals surface area contributed by atoms with Crippen molar-refractivity contribution in [3.8, 4) is 0 Å². The van der Waals surface area contributed by atoms with Crippen molar-refractivity contribution in [2.24, 2.45) is 0 Å². The predicted molar refractivity (Wildman–Crippen MR) is 93.3 cm³/mol. The third-order valence-corrected chi connectivity index (χ3v) is 4.08. The molecule has 1 fully saturated rings. The Morgan fingerprint density at radius 3 is 2.33 bits per heavy atom. The Kier molecular flexibility index (Phi) is 4.34. The van der Waals surface area contributed by atoms with Crippen LogP contribution < -0.4 is 10.6 Å². The molecular weight excluding hydrogens is 302 g/mol. The van der Waals surface area contributed by atoms with E-state index in [4.69, 9.17) is 0 Å². The van der Waals surface area contributed by atoms with E-state index in [2.05, 4.69) is 15.6 Å². The van der Waals surface area contributed by atoms with Gasteiger partial charge in [-0.1, -0.05) is 17.7 Å². The number of carbonyl (C=O) groups excluding carboxylic acids is 2. The van der Waals surface area contributed by atoms with Crippen LogP contribution in [0.15, 0.2) is 30.5 Å². The Hall–Kier alpha value is -2.69. The number of pyridine rings is 1. The summed E-state index contributed by atoms with van der Waals surface area (Å²) in [4.78, 5) is 28.7. The average molecular weight is 323 g/mol. The average Bonchev–Trinajstić information content (AvgIpc) is 3.34. The van der Waals surface area contributed by atoms with Gasteiger partial charge in [0.2, 0.25) is 0 Å². The van der Waals surface area contributed by atoms with Crippen molar-refractivity contribution < 1.29 is 9.59 Å². The van der Waals surface area contributed by atoms with E-state index in [0.29, 0.717) is 5.56 Å². The third-order valence-electron chi connectivity index (χ3n) is 4.08. The molecule has 1 aromatic heterocycles. The van der Waals surface area contributed by atoms with Crippen LogP contribution in [0.4, 0.5) is 5.69 Å². The molecule has 1 aliphatic rings. The minimum absolute atomic E-state index is 0.156. The van der Waals surface area contributed by atoms with Crippen molar-refractivity contribution >= 4 is 17.5 Å². The van der Waals surface area contributed by atoms with Crippen LogP contribution in [0.1, 0.15) is 50.4 Å². The SMILES string of the molecule is Cc1cc(C)c(NC(=O)c2cc(C(=O)NC3CC3)ccn2)c(C)c1. The second-order valence-corrected chi connectivity index (χ2v) is 6.41. The fraction of sp³-hybridized carbons (Fsp3) is 0.316. The van der Waals surface area contributed by atoms with Gasteiger partial charge in [0.1, 0.15) is 5.69 Å². The van der Waals surface area contributed by atoms with Crippen LogP contribution in [0, 0.1) is 20.8 Å². The minimum Gasteiger partial charge on any atom is -0.349 e. The topological polar surface area (TPSA) is 71.1 Å². The molecule has 5 heteroatoms. The number of nitrogens with one attached hydrogen (secondary N) is 2. The lowest BCUT2D eigenvalue weighted by atomic mass is 10.0. The van der Waals surface area contributed by atoms with Gasteiger partial charge in [0, 0.05) is 23.5 Å². The van der Waals surface area contributed by atoms with Crippen molar-refractivity contribution in [1.82, 2.24) is 10.3 Å². The number of rotatable bonds is 4. The lowest BCUT2D eigenvalue weighted by Gasteiger charge is -2.13. The summed E-state index contributed by atoms with van der Waals surface area (Å²) in [7, 11) is 0. The van der Waals surface area contributed by atoms with Crippen LogP contribution >= 0.6 is 0 Å². The molecule has 3 rings (SSSR count). The van der Waals surface area contributed by atoms with Gasteiger partial charge in [-0.3, -0.25) is 14.6 Å². The quantitative estimate of drug-likeness (QED) is 0.908. The van der Waals surface area contributed by atoms with Crippen LogP contribution in [0.25, 0.3) is 0 Å². The van der Waals surface area contributed by atoms with Crippen LogP contribution in [0.5, 0.6) is 0 Å². The van der Waals surface area contributed by atoms with E-state index in [1.807, 2.05) is 32.9 Å². The van der Waals surface area contributed by atoms with Crippen molar-refractivity contribution in [3.63, 3.8) is 0 Å². The van der Waals surface area contributed by atoms with Crippen molar-refractivity contribution in [3.05, 3.63) is 58.4 Å². The van der Waals surface area contributed by atoms with Crippen molar-refractivity contribution in [2.75, 3.05) is 5.32 Å². The van der Waals surface area contributed by atoms with Gasteiger partial charge in [0.25, 0.3) is 11.8 Å². The first-order valence-electron chi connectivity index (χ1n) is 8.10. The first-order valence-corrected chi connectivity index (χ1v) is 8.10. The number of aromatic nitrogens is 1. The number of anilines is 1. The molecule has 0 aliphatic heterocycles. The number of benzene rings is 1. The van der Waals surface area contributed by atoms with Crippen LogP contribution in [0.3, 0.4) is 0 Å². The summed E-state index contributed by atoms with van der Waals surface area (Å²) in [6.45, 7) is 5.94. The number of hydrogen-bond acceptors (Lipinski definition) is 3. The van der Waals surface area contributed by atoms with E-state index in [9.17, 15) is 9.59 Å². The molecule has 2 amide bonds. The minimum atomic E-state index is -0.314. The molecule has 1 aliphatic carbocycles. The molecule has 0 saturated heterocycles. The smallest absolute Gasteiger partial charge is 0.274 e. The first kappa shape index (κ1) is 16.2. The molecule has 24 heavy (non-hydrogen) atoms. The van der Waals surface area contributed by atoms with E-state index >= 15 is 0 Å². The Bertz CT molecular complexity index is 787. The molecule has 0 unspecified atom stereocenters. The number of carbonyl (C=O) groups is 2. The second-order valence-electron chi connectivity index (χ2n) is 6.41. The zero-order valence-electron chi connectivity index (χ0n) is 14.1. The van der Waals surface area contributed by atoms with E-state index in [0.717, 1.165) is 35.2 Å². The molecule has 5 nitrogen and oxygen atoms in total. The summed E-state index contributed by atoms with van der Waals surface area (Å²) in [5.74, 6) is -0.470. The fourth-order valence-electron chi connectivity index (χ4n) is 2.75. The van der Waals surface area contributed by atoms with Gasteiger partial charge in [0.15, 0.2) is 0 Å². The molecule has 0 atom stereocenters. The first-order chi connectivity index (χ1) is 11.4. The highest BCUT2D eigenvalue weighted by molar-refractivity contribution is 6.05. The largest absolute Gasteiger partial charge is 0.349 e. The highest BCUT2D eigenvalue weighted by Crippen LogP contribution is 2.23. The standard InChI is InChI=1S/C19H21N3O2/c1-11-8-12(2)17(13(3)9-11)22-19(24)16-10-14(6-7-20-16)18(23)21-15-4-5-15/h6-10,15H,4-5H2,1-3H3,(H,21,23)(H,22,24). The summed E-state index contributed by atoms with van der Waals surface area (Å²) < 4.78 is 0. The molecule has 2 aromatic rings. The Morgan fingerprint density at radius 2 is 1.71 bits per heavy atom. The molecule has 1 saturated carbocycles. The summed E-state index contributed by atoms with van der Waals surface area (Å²) >= 11 is 0. The van der Waals surface area contributed by atoms with Crippen LogP contribution in [-0.4, -0.2) is 22.8 Å². The van der Waals surface area contributed by atoms with Gasteiger partial charge in [-0.15, -0.1) is 0 Å². The maximum Gasteiger partial charge on any atom is 0.274 e. The third kappa shape index (κ3) is 3.62. The zero-order valence-corrected chi connectivity index (χ0v) is 14.1. The highest BCUT2D eigenvalue weighted by atomic mass is 16.2. The number of hydrogen-bond donors (Lipinski definition) is 2. The summed E-state index contributed by atoms with van der Waals surface area (Å²) in [6.07, 6.45) is 3.54. The molecule has 124 valence electrons. The Labute approximate surface area is 141 Å². The molecule has 2 N–H and O–H groups in total. The monoisotopic (exact) mass is 323 g/mol. The molecule has 0 radical (unpaired) electrons. The number of aryl methyl sites for hydroxylation is 3. The number of amides is 2. The van der Waals surface area contributed by atoms with E-state index in [1.165, 1.54) is 12.3 Å². The van der Waals surface area contributed by atoms with E-state index < -0.39 is 0 Å². The zero-order chi connectivity index (χ0) is 17.3. The van der Waals surface area contributed by atoms with Crippen LogP contribution in [-0.2, 0) is 0 Å². The Morgan fingerprint density at radius 1 is 1.04 bits per heavy atom. The molecule has 0 bridgehead atoms. The molecule has 1 aromatic carbocycles. The fourth-order valence-corrected chi connectivity index (χ4v) is 2.75. The maximum atomic E-state index is 12.5. The molecule has 1 heterocycles. The molecule has 0 spiro atoms. The highest BCUT2D eigenvalue weighted by Gasteiger charge is 2.24. The maximum absolute atomic E-state index is 12.5. The van der Waals surface area contributed by atoms with Gasteiger partial charge in [-0.2, -0.15) is 0 Å². The summed E-state index contributed by atoms with van der Waals surface area (Å²) in [5, 5.41) is 5.82. The van der Waals surface area contributed by atoms with Gasteiger partial charge in [-0.05, 0) is 56.9 Å². The normalized spacial score (nSPS) is 13.5. The van der Waals surface area contributed by atoms with Crippen molar-refractivity contribution in [2.45, 2.75) is 39.7 Å². The summed E-state index contributed by atoms with van der Waals surface area (Å²) in [5.41, 5.74) is 4.64. The Balaban J connectivity index is 1.79. The second kappa shape index (κ2) is 6.43. The van der Waals surface area contributed by atoms with Crippen molar-refractivity contribution in [1.29, 1.82) is 0 Å². The van der Waals surface area contributed by atoms with Gasteiger partial charge < -0.3 is 10.6 Å². The van der Waals surface area contributed by atoms with Gasteiger partial charge in [0.05, 0.1) is 0 Å². The van der Waals surface area contributed by atoms with Gasteiger partial charge >= 0.3 is 0 Å². The predicted octanol–water partition coefficient (Wildman–Crippen LogP) is 3.15. The lowest BCUT2D eigenvalue weighted by Crippen LogP contribution is -2.26. The summed E-state index contributed by atoms with van der Waals surface area (Å²) in [6, 6.07) is 7.48. The van der Waals surface area contributed by atoms with E-state index in [1.54, 1.807) is 6.07 Å². The van der Waals surface area contributed by atoms with Gasteiger partial charge in [-0.25, -0.2) is 0 Å². The van der Waals surface area contributed by atoms with E-state index in [-0.39, 0.29) is 23.6 Å². The van der Waals surface area contributed by atoms with Crippen LogP contribution in [0.2, 0.25) is 0 Å². The number of nitrogens with zero attached hydrogens (tertiary/aromatic N) is 1.